The van der Waals surface area contributed by atoms with Gasteiger partial charge < -0.3 is 24.4 Å². The Bertz CT molecular complexity index is 1240. The number of hydrogen-bond acceptors (Lipinski definition) is 8. The zero-order valence-electron chi connectivity index (χ0n) is 18.2. The molecular formula is C23H26N6O3. The molecule has 9 nitrogen and oxygen atoms in total. The summed E-state index contributed by atoms with van der Waals surface area (Å²) >= 11 is 0. The molecule has 1 saturated heterocycles. The SMILES string of the molecule is COCCOc1cc2c(-n3ncc4c(N5CCNCC5)cccc43)cnnc2cc1OC. The molecule has 0 amide bonds. The highest BCUT2D eigenvalue weighted by Gasteiger charge is 2.18. The molecule has 32 heavy (non-hydrogen) atoms. The molecule has 166 valence electrons. The van der Waals surface area contributed by atoms with Gasteiger partial charge in [-0.1, -0.05) is 6.07 Å². The predicted molar refractivity (Wildman–Crippen MR) is 123 cm³/mol. The second-order valence-corrected chi connectivity index (χ2v) is 7.59. The van der Waals surface area contributed by atoms with Crippen LogP contribution in [0.2, 0.25) is 0 Å². The summed E-state index contributed by atoms with van der Waals surface area (Å²) in [6.45, 7) is 4.83. The van der Waals surface area contributed by atoms with E-state index in [2.05, 4.69) is 38.6 Å². The van der Waals surface area contributed by atoms with Crippen LogP contribution in [-0.4, -0.2) is 73.6 Å². The molecule has 5 rings (SSSR count). The molecule has 9 heteroatoms. The quantitative estimate of drug-likeness (QED) is 0.444. The Balaban J connectivity index is 1.62. The molecule has 1 aliphatic rings. The van der Waals surface area contributed by atoms with Gasteiger partial charge in [0, 0.05) is 55.8 Å². The van der Waals surface area contributed by atoms with E-state index in [1.54, 1.807) is 20.4 Å². The van der Waals surface area contributed by atoms with E-state index in [4.69, 9.17) is 19.3 Å². The summed E-state index contributed by atoms with van der Waals surface area (Å²) in [5.41, 5.74) is 3.77. The molecule has 1 aliphatic heterocycles. The number of fused-ring (bicyclic) bond motifs is 2. The summed E-state index contributed by atoms with van der Waals surface area (Å²) in [6, 6.07) is 10.1. The molecule has 0 spiro atoms. The number of benzene rings is 2. The summed E-state index contributed by atoms with van der Waals surface area (Å²) in [5.74, 6) is 1.23. The van der Waals surface area contributed by atoms with Gasteiger partial charge in [0.1, 0.15) is 6.61 Å². The number of nitrogens with one attached hydrogen (secondary N) is 1. The number of ether oxygens (including phenoxy) is 3. The van der Waals surface area contributed by atoms with Gasteiger partial charge in [0.25, 0.3) is 0 Å². The van der Waals surface area contributed by atoms with Crippen LogP contribution >= 0.6 is 0 Å². The minimum Gasteiger partial charge on any atom is -0.493 e. The van der Waals surface area contributed by atoms with Gasteiger partial charge in [-0.2, -0.15) is 15.3 Å². The maximum absolute atomic E-state index is 5.89. The fraction of sp³-hybridized carbons (Fsp3) is 0.348. The van der Waals surface area contributed by atoms with Crippen molar-refractivity contribution >= 4 is 27.5 Å². The number of aromatic nitrogens is 4. The van der Waals surface area contributed by atoms with Gasteiger partial charge >= 0.3 is 0 Å². The molecule has 0 bridgehead atoms. The van der Waals surface area contributed by atoms with Gasteiger partial charge in [-0.15, -0.1) is 0 Å². The molecule has 0 unspecified atom stereocenters. The topological polar surface area (TPSA) is 86.6 Å². The zero-order valence-corrected chi connectivity index (χ0v) is 18.2. The van der Waals surface area contributed by atoms with Gasteiger partial charge in [0.05, 0.1) is 42.8 Å². The van der Waals surface area contributed by atoms with Crippen LogP contribution in [0.3, 0.4) is 0 Å². The normalized spacial score (nSPS) is 14.2. The van der Waals surface area contributed by atoms with Crippen LogP contribution in [-0.2, 0) is 4.74 Å². The minimum absolute atomic E-state index is 0.422. The number of hydrogen-bond donors (Lipinski definition) is 1. The summed E-state index contributed by atoms with van der Waals surface area (Å²) in [4.78, 5) is 2.40. The minimum atomic E-state index is 0.422. The Morgan fingerprint density at radius 3 is 2.66 bits per heavy atom. The van der Waals surface area contributed by atoms with E-state index in [0.717, 1.165) is 48.2 Å². The van der Waals surface area contributed by atoms with Crippen LogP contribution in [0, 0.1) is 0 Å². The van der Waals surface area contributed by atoms with E-state index in [1.807, 2.05) is 23.0 Å². The average molecular weight is 435 g/mol. The Morgan fingerprint density at radius 1 is 0.969 bits per heavy atom. The highest BCUT2D eigenvalue weighted by Crippen LogP contribution is 2.35. The van der Waals surface area contributed by atoms with Crippen molar-refractivity contribution in [2.75, 3.05) is 58.5 Å². The second-order valence-electron chi connectivity index (χ2n) is 7.59. The van der Waals surface area contributed by atoms with Gasteiger partial charge in [0.2, 0.25) is 0 Å². The van der Waals surface area contributed by atoms with Crippen LogP contribution in [0.5, 0.6) is 11.5 Å². The molecule has 1 N–H and O–H groups in total. The Hall–Kier alpha value is -3.43. The van der Waals surface area contributed by atoms with Crippen molar-refractivity contribution < 1.29 is 14.2 Å². The molecule has 3 heterocycles. The Morgan fingerprint density at radius 2 is 1.84 bits per heavy atom. The summed E-state index contributed by atoms with van der Waals surface area (Å²) < 4.78 is 18.4. The lowest BCUT2D eigenvalue weighted by atomic mass is 10.1. The fourth-order valence-corrected chi connectivity index (χ4v) is 4.14. The van der Waals surface area contributed by atoms with Crippen molar-refractivity contribution in [2.24, 2.45) is 0 Å². The number of rotatable bonds is 7. The lowest BCUT2D eigenvalue weighted by Gasteiger charge is -2.29. The summed E-state index contributed by atoms with van der Waals surface area (Å²) in [7, 11) is 3.26. The van der Waals surface area contributed by atoms with Crippen molar-refractivity contribution in [1.29, 1.82) is 0 Å². The van der Waals surface area contributed by atoms with Crippen LogP contribution in [0.1, 0.15) is 0 Å². The first-order valence-electron chi connectivity index (χ1n) is 10.7. The van der Waals surface area contributed by atoms with E-state index >= 15 is 0 Å². The van der Waals surface area contributed by atoms with Crippen molar-refractivity contribution in [3.8, 4) is 17.2 Å². The first-order valence-corrected chi connectivity index (χ1v) is 10.7. The highest BCUT2D eigenvalue weighted by molar-refractivity contribution is 5.96. The third-order valence-corrected chi connectivity index (χ3v) is 5.72. The van der Waals surface area contributed by atoms with Crippen molar-refractivity contribution in [3.63, 3.8) is 0 Å². The molecule has 0 aliphatic carbocycles. The van der Waals surface area contributed by atoms with Crippen molar-refractivity contribution in [3.05, 3.63) is 42.7 Å². The van der Waals surface area contributed by atoms with Crippen LogP contribution < -0.4 is 19.7 Å². The molecule has 0 saturated carbocycles. The number of piperazine rings is 1. The number of anilines is 1. The van der Waals surface area contributed by atoms with Gasteiger partial charge in [-0.05, 0) is 18.2 Å². The van der Waals surface area contributed by atoms with E-state index in [-0.39, 0.29) is 0 Å². The fourth-order valence-electron chi connectivity index (χ4n) is 4.14. The largest absolute Gasteiger partial charge is 0.493 e. The second kappa shape index (κ2) is 8.97. The molecule has 4 aromatic rings. The molecule has 2 aromatic carbocycles. The van der Waals surface area contributed by atoms with Crippen LogP contribution in [0.25, 0.3) is 27.5 Å². The highest BCUT2D eigenvalue weighted by atomic mass is 16.5. The summed E-state index contributed by atoms with van der Waals surface area (Å²) in [5, 5.41) is 18.7. The maximum Gasteiger partial charge on any atom is 0.163 e. The third-order valence-electron chi connectivity index (χ3n) is 5.72. The zero-order chi connectivity index (χ0) is 21.9. The third kappa shape index (κ3) is 3.69. The van der Waals surface area contributed by atoms with E-state index in [1.165, 1.54) is 5.69 Å². The van der Waals surface area contributed by atoms with Gasteiger partial charge in [-0.25, -0.2) is 4.68 Å². The smallest absolute Gasteiger partial charge is 0.163 e. The summed E-state index contributed by atoms with van der Waals surface area (Å²) in [6.07, 6.45) is 3.66. The predicted octanol–water partition coefficient (Wildman–Crippen LogP) is 2.41. The van der Waals surface area contributed by atoms with E-state index in [9.17, 15) is 0 Å². The van der Waals surface area contributed by atoms with Crippen LogP contribution in [0.15, 0.2) is 42.7 Å². The first kappa shape index (κ1) is 20.5. The number of methoxy groups -OCH3 is 2. The van der Waals surface area contributed by atoms with Crippen molar-refractivity contribution in [1.82, 2.24) is 25.3 Å². The average Bonchev–Trinajstić information content (AvgIpc) is 3.28. The van der Waals surface area contributed by atoms with Crippen LogP contribution in [0.4, 0.5) is 5.69 Å². The first-order chi connectivity index (χ1) is 15.8. The monoisotopic (exact) mass is 434 g/mol. The van der Waals surface area contributed by atoms with E-state index in [0.29, 0.717) is 30.2 Å². The number of nitrogens with zero attached hydrogens (tertiary/aromatic N) is 5. The standard InChI is InChI=1S/C23H26N6O3/c1-30-10-11-32-23-12-16-18(13-22(23)31-2)27-25-15-21(16)29-20-5-3-4-19(17(20)14-26-29)28-8-6-24-7-9-28/h3-5,12-15,24H,6-11H2,1-2H3. The lowest BCUT2D eigenvalue weighted by Crippen LogP contribution is -2.43. The molecule has 2 aromatic heterocycles. The molecular weight excluding hydrogens is 408 g/mol. The lowest BCUT2D eigenvalue weighted by molar-refractivity contribution is 0.144. The maximum atomic E-state index is 5.89. The van der Waals surface area contributed by atoms with E-state index < -0.39 is 0 Å². The van der Waals surface area contributed by atoms with Crippen molar-refractivity contribution in [2.45, 2.75) is 0 Å². The van der Waals surface area contributed by atoms with Gasteiger partial charge in [0.15, 0.2) is 11.5 Å². The van der Waals surface area contributed by atoms with Gasteiger partial charge in [-0.3, -0.25) is 0 Å². The Labute approximate surface area is 185 Å². The molecule has 0 atom stereocenters. The molecule has 1 fully saturated rings. The molecule has 0 radical (unpaired) electrons. The Kier molecular flexibility index (Phi) is 5.74.